The lowest BCUT2D eigenvalue weighted by atomic mass is 10.1. The zero-order valence-corrected chi connectivity index (χ0v) is 13.9. The summed E-state index contributed by atoms with van der Waals surface area (Å²) in [6.07, 6.45) is 2.09. The Balaban J connectivity index is 1.66. The van der Waals surface area contributed by atoms with Gasteiger partial charge in [-0.2, -0.15) is 0 Å². The largest absolute Gasteiger partial charge is 0.380 e. The molecular weight excluding hydrogens is 308 g/mol. The van der Waals surface area contributed by atoms with Gasteiger partial charge in [-0.3, -0.25) is 9.69 Å². The molecule has 0 spiro atoms. The fourth-order valence-electron chi connectivity index (χ4n) is 2.91. The summed E-state index contributed by atoms with van der Waals surface area (Å²) in [7, 11) is 0. The highest BCUT2D eigenvalue weighted by atomic mass is 32.1. The average Bonchev–Trinajstić information content (AvgIpc) is 3.24. The SMILES string of the molecule is NC(=O)c1ccc(CN(CCc2ccccc2)C2CCOC2)s1. The Morgan fingerprint density at radius 2 is 2.09 bits per heavy atom. The summed E-state index contributed by atoms with van der Waals surface area (Å²) in [5, 5.41) is 0. The minimum absolute atomic E-state index is 0.346. The number of ether oxygens (including phenoxy) is 1. The molecule has 1 aliphatic heterocycles. The minimum atomic E-state index is -0.346. The van der Waals surface area contributed by atoms with E-state index in [9.17, 15) is 4.79 Å². The number of carbonyl (C=O) groups is 1. The van der Waals surface area contributed by atoms with Gasteiger partial charge in [0.25, 0.3) is 5.91 Å². The summed E-state index contributed by atoms with van der Waals surface area (Å²) < 4.78 is 5.56. The average molecular weight is 330 g/mol. The van der Waals surface area contributed by atoms with Crippen molar-refractivity contribution >= 4 is 17.2 Å². The van der Waals surface area contributed by atoms with Crippen LogP contribution >= 0.6 is 11.3 Å². The maximum atomic E-state index is 11.3. The van der Waals surface area contributed by atoms with E-state index in [-0.39, 0.29) is 5.91 Å². The van der Waals surface area contributed by atoms with Crippen molar-refractivity contribution in [1.29, 1.82) is 0 Å². The van der Waals surface area contributed by atoms with Gasteiger partial charge in [0, 0.05) is 30.6 Å². The van der Waals surface area contributed by atoms with Gasteiger partial charge in [-0.05, 0) is 30.5 Å². The molecule has 3 rings (SSSR count). The first-order valence-electron chi connectivity index (χ1n) is 7.96. The van der Waals surface area contributed by atoms with Gasteiger partial charge in [0.1, 0.15) is 0 Å². The molecular formula is C18H22N2O2S. The first-order valence-corrected chi connectivity index (χ1v) is 8.78. The molecule has 0 bridgehead atoms. The highest BCUT2D eigenvalue weighted by molar-refractivity contribution is 7.14. The quantitative estimate of drug-likeness (QED) is 0.849. The van der Waals surface area contributed by atoms with E-state index in [0.717, 1.165) is 39.1 Å². The van der Waals surface area contributed by atoms with Gasteiger partial charge >= 0.3 is 0 Å². The third kappa shape index (κ3) is 4.41. The topological polar surface area (TPSA) is 55.6 Å². The second-order valence-corrected chi connectivity index (χ2v) is 7.02. The zero-order valence-electron chi connectivity index (χ0n) is 13.1. The van der Waals surface area contributed by atoms with Crippen LogP contribution in [0, 0.1) is 0 Å². The summed E-state index contributed by atoms with van der Waals surface area (Å²) in [4.78, 5) is 15.5. The fraction of sp³-hybridized carbons (Fsp3) is 0.389. The van der Waals surface area contributed by atoms with Crippen molar-refractivity contribution in [2.45, 2.75) is 25.4 Å². The van der Waals surface area contributed by atoms with E-state index in [1.165, 1.54) is 21.8 Å². The van der Waals surface area contributed by atoms with Gasteiger partial charge in [0.2, 0.25) is 0 Å². The van der Waals surface area contributed by atoms with Crippen molar-refractivity contribution in [1.82, 2.24) is 4.90 Å². The van der Waals surface area contributed by atoms with E-state index < -0.39 is 0 Å². The smallest absolute Gasteiger partial charge is 0.258 e. The molecule has 1 aliphatic rings. The van der Waals surface area contributed by atoms with Crippen LogP contribution in [0.1, 0.15) is 26.5 Å². The van der Waals surface area contributed by atoms with E-state index in [1.807, 2.05) is 18.2 Å². The molecule has 122 valence electrons. The van der Waals surface area contributed by atoms with Gasteiger partial charge in [-0.25, -0.2) is 0 Å². The number of thiophene rings is 1. The van der Waals surface area contributed by atoms with Crippen LogP contribution in [-0.2, 0) is 17.7 Å². The van der Waals surface area contributed by atoms with E-state index in [2.05, 4.69) is 29.2 Å². The lowest BCUT2D eigenvalue weighted by Gasteiger charge is -2.27. The minimum Gasteiger partial charge on any atom is -0.380 e. The Morgan fingerprint density at radius 1 is 1.26 bits per heavy atom. The van der Waals surface area contributed by atoms with Gasteiger partial charge in [0.05, 0.1) is 11.5 Å². The number of hydrogen-bond donors (Lipinski definition) is 1. The zero-order chi connectivity index (χ0) is 16.1. The van der Waals surface area contributed by atoms with Crippen LogP contribution in [0.2, 0.25) is 0 Å². The molecule has 1 atom stereocenters. The summed E-state index contributed by atoms with van der Waals surface area (Å²) in [5.41, 5.74) is 6.70. The molecule has 1 unspecified atom stereocenters. The summed E-state index contributed by atoms with van der Waals surface area (Å²) in [6, 6.07) is 14.8. The fourth-order valence-corrected chi connectivity index (χ4v) is 3.80. The van der Waals surface area contributed by atoms with E-state index in [0.29, 0.717) is 10.9 Å². The Morgan fingerprint density at radius 3 is 2.74 bits per heavy atom. The lowest BCUT2D eigenvalue weighted by molar-refractivity contribution is 0.100. The summed E-state index contributed by atoms with van der Waals surface area (Å²) >= 11 is 1.49. The second kappa shape index (κ2) is 7.73. The highest BCUT2D eigenvalue weighted by Gasteiger charge is 2.23. The van der Waals surface area contributed by atoms with E-state index in [4.69, 9.17) is 10.5 Å². The third-order valence-electron chi connectivity index (χ3n) is 4.22. The molecule has 1 fully saturated rings. The van der Waals surface area contributed by atoms with Crippen LogP contribution in [0.25, 0.3) is 0 Å². The van der Waals surface area contributed by atoms with Crippen LogP contribution in [0.3, 0.4) is 0 Å². The predicted molar refractivity (Wildman–Crippen MR) is 92.6 cm³/mol. The second-order valence-electron chi connectivity index (χ2n) is 5.85. The molecule has 1 aromatic carbocycles. The maximum absolute atomic E-state index is 11.3. The maximum Gasteiger partial charge on any atom is 0.258 e. The van der Waals surface area contributed by atoms with Crippen LogP contribution < -0.4 is 5.73 Å². The van der Waals surface area contributed by atoms with Crippen molar-refractivity contribution in [2.75, 3.05) is 19.8 Å². The number of carbonyl (C=O) groups excluding carboxylic acids is 1. The van der Waals surface area contributed by atoms with Crippen LogP contribution in [0.4, 0.5) is 0 Å². The van der Waals surface area contributed by atoms with Crippen molar-refractivity contribution in [3.05, 3.63) is 57.8 Å². The molecule has 1 amide bonds. The molecule has 2 heterocycles. The number of rotatable bonds is 7. The number of hydrogen-bond acceptors (Lipinski definition) is 4. The highest BCUT2D eigenvalue weighted by Crippen LogP contribution is 2.22. The number of nitrogens with two attached hydrogens (primary N) is 1. The summed E-state index contributed by atoms with van der Waals surface area (Å²) in [5.74, 6) is -0.346. The van der Waals surface area contributed by atoms with E-state index >= 15 is 0 Å². The van der Waals surface area contributed by atoms with Crippen LogP contribution in [-0.4, -0.2) is 36.6 Å². The monoisotopic (exact) mass is 330 g/mol. The van der Waals surface area contributed by atoms with Crippen LogP contribution in [0.5, 0.6) is 0 Å². The Labute approximate surface area is 140 Å². The van der Waals surface area contributed by atoms with E-state index in [1.54, 1.807) is 0 Å². The van der Waals surface area contributed by atoms with Crippen molar-refractivity contribution in [2.24, 2.45) is 5.73 Å². The van der Waals surface area contributed by atoms with Crippen molar-refractivity contribution in [3.8, 4) is 0 Å². The molecule has 2 N–H and O–H groups in total. The lowest BCUT2D eigenvalue weighted by Crippen LogP contribution is -2.36. The first-order chi connectivity index (χ1) is 11.2. The van der Waals surface area contributed by atoms with Gasteiger partial charge in [-0.1, -0.05) is 30.3 Å². The van der Waals surface area contributed by atoms with Gasteiger partial charge < -0.3 is 10.5 Å². The number of nitrogens with zero attached hydrogens (tertiary/aromatic N) is 1. The molecule has 5 heteroatoms. The Hall–Kier alpha value is -1.69. The number of primary amides is 1. The number of benzene rings is 1. The third-order valence-corrected chi connectivity index (χ3v) is 5.30. The molecule has 0 aliphatic carbocycles. The standard InChI is InChI=1S/C18H22N2O2S/c19-18(21)17-7-6-16(23-17)12-20(15-9-11-22-13-15)10-8-14-4-2-1-3-5-14/h1-7,15H,8-13H2,(H2,19,21). The molecule has 4 nitrogen and oxygen atoms in total. The molecule has 1 saturated heterocycles. The van der Waals surface area contributed by atoms with Crippen molar-refractivity contribution in [3.63, 3.8) is 0 Å². The summed E-state index contributed by atoms with van der Waals surface area (Å²) in [6.45, 7) is 3.47. The Bertz CT molecular complexity index is 635. The van der Waals surface area contributed by atoms with Crippen LogP contribution in [0.15, 0.2) is 42.5 Å². The van der Waals surface area contributed by atoms with Crippen molar-refractivity contribution < 1.29 is 9.53 Å². The first kappa shape index (κ1) is 16.2. The normalized spacial score (nSPS) is 17.7. The molecule has 23 heavy (non-hydrogen) atoms. The molecule has 2 aromatic rings. The predicted octanol–water partition coefficient (Wildman–Crippen LogP) is 2.68. The Kier molecular flexibility index (Phi) is 5.43. The van der Waals surface area contributed by atoms with Gasteiger partial charge in [0.15, 0.2) is 0 Å². The van der Waals surface area contributed by atoms with Gasteiger partial charge in [-0.15, -0.1) is 11.3 Å². The molecule has 0 saturated carbocycles. The molecule has 1 aromatic heterocycles. The number of amides is 1. The molecule has 0 radical (unpaired) electrons.